The summed E-state index contributed by atoms with van der Waals surface area (Å²) in [6.45, 7) is 2.78. The molecule has 0 spiro atoms. The second kappa shape index (κ2) is 4.16. The van der Waals surface area contributed by atoms with Crippen molar-refractivity contribution in [2.75, 3.05) is 12.3 Å². The van der Waals surface area contributed by atoms with E-state index in [1.165, 1.54) is 0 Å². The van der Waals surface area contributed by atoms with Crippen LogP contribution in [0.2, 0.25) is 0 Å². The van der Waals surface area contributed by atoms with E-state index in [0.717, 1.165) is 18.4 Å². The third-order valence-corrected chi connectivity index (χ3v) is 2.15. The molecule has 0 aromatic carbocycles. The smallest absolute Gasteiger partial charge is 0.217 e. The van der Waals surface area contributed by atoms with Crippen LogP contribution in [0.3, 0.4) is 0 Å². The third-order valence-electron chi connectivity index (χ3n) is 2.15. The summed E-state index contributed by atoms with van der Waals surface area (Å²) in [6, 6.07) is 1.72. The molecular formula is C10H14N4O. The maximum Gasteiger partial charge on any atom is 0.217 e. The van der Waals surface area contributed by atoms with Crippen molar-refractivity contribution in [1.82, 2.24) is 15.0 Å². The van der Waals surface area contributed by atoms with Gasteiger partial charge in [0.2, 0.25) is 5.88 Å². The molecule has 15 heavy (non-hydrogen) atoms. The molecule has 80 valence electrons. The van der Waals surface area contributed by atoms with Crippen LogP contribution >= 0.6 is 0 Å². The fourth-order valence-corrected chi connectivity index (χ4v) is 1.32. The summed E-state index contributed by atoms with van der Waals surface area (Å²) in [6.07, 6.45) is 3.68. The Kier molecular flexibility index (Phi) is 2.71. The maximum atomic E-state index is 5.81. The van der Waals surface area contributed by atoms with E-state index in [0.29, 0.717) is 23.8 Å². The number of pyridine rings is 1. The Morgan fingerprint density at radius 3 is 3.20 bits per heavy atom. The lowest BCUT2D eigenvalue weighted by atomic mass is 10.3. The number of hydrogen-bond donors (Lipinski definition) is 2. The van der Waals surface area contributed by atoms with Crippen LogP contribution in [0.25, 0.3) is 11.2 Å². The highest BCUT2D eigenvalue weighted by atomic mass is 16.5. The highest BCUT2D eigenvalue weighted by Gasteiger charge is 2.05. The fraction of sp³-hybridized carbons (Fsp3) is 0.400. The number of nitrogens with one attached hydrogen (secondary N) is 1. The van der Waals surface area contributed by atoms with Crippen LogP contribution in [-0.4, -0.2) is 21.6 Å². The number of imidazole rings is 1. The van der Waals surface area contributed by atoms with Crippen molar-refractivity contribution in [3.05, 3.63) is 12.4 Å². The van der Waals surface area contributed by atoms with Gasteiger partial charge in [0.05, 0.1) is 18.6 Å². The van der Waals surface area contributed by atoms with Gasteiger partial charge >= 0.3 is 0 Å². The minimum atomic E-state index is 0.542. The van der Waals surface area contributed by atoms with Gasteiger partial charge < -0.3 is 15.5 Å². The van der Waals surface area contributed by atoms with Crippen molar-refractivity contribution in [3.63, 3.8) is 0 Å². The van der Waals surface area contributed by atoms with Crippen molar-refractivity contribution in [2.24, 2.45) is 0 Å². The molecule has 0 saturated carbocycles. The minimum absolute atomic E-state index is 0.542. The molecule has 2 aromatic rings. The van der Waals surface area contributed by atoms with Gasteiger partial charge in [-0.25, -0.2) is 4.98 Å². The summed E-state index contributed by atoms with van der Waals surface area (Å²) < 4.78 is 5.46. The zero-order chi connectivity index (χ0) is 10.7. The number of hydrogen-bond acceptors (Lipinski definition) is 4. The summed E-state index contributed by atoms with van der Waals surface area (Å²) >= 11 is 0. The highest BCUT2D eigenvalue weighted by Crippen LogP contribution is 2.20. The van der Waals surface area contributed by atoms with E-state index >= 15 is 0 Å². The van der Waals surface area contributed by atoms with Crippen LogP contribution in [0, 0.1) is 0 Å². The van der Waals surface area contributed by atoms with Crippen molar-refractivity contribution in [1.29, 1.82) is 0 Å². The Morgan fingerprint density at radius 1 is 1.53 bits per heavy atom. The van der Waals surface area contributed by atoms with Gasteiger partial charge in [-0.05, 0) is 6.42 Å². The van der Waals surface area contributed by atoms with E-state index in [4.69, 9.17) is 10.5 Å². The van der Waals surface area contributed by atoms with Crippen molar-refractivity contribution < 1.29 is 4.74 Å². The van der Waals surface area contributed by atoms with E-state index in [9.17, 15) is 0 Å². The van der Waals surface area contributed by atoms with Crippen molar-refractivity contribution in [3.8, 4) is 5.88 Å². The number of nitrogen functional groups attached to an aromatic ring is 1. The van der Waals surface area contributed by atoms with E-state index in [1.807, 2.05) is 0 Å². The van der Waals surface area contributed by atoms with Gasteiger partial charge in [0.1, 0.15) is 5.52 Å². The molecule has 0 atom stereocenters. The summed E-state index contributed by atoms with van der Waals surface area (Å²) in [5.74, 6) is 0.542. The fourth-order valence-electron chi connectivity index (χ4n) is 1.32. The number of unbranched alkanes of at least 4 members (excludes halogenated alkanes) is 1. The SMILES string of the molecule is CCCCOc1cc(N)c2[nH]cnc2n1. The van der Waals surface area contributed by atoms with Gasteiger partial charge in [-0.3, -0.25) is 0 Å². The molecule has 2 aromatic heterocycles. The number of ether oxygens (including phenoxy) is 1. The number of anilines is 1. The lowest BCUT2D eigenvalue weighted by molar-refractivity contribution is 0.299. The summed E-state index contributed by atoms with van der Waals surface area (Å²) in [7, 11) is 0. The first-order valence-corrected chi connectivity index (χ1v) is 5.03. The Bertz CT molecular complexity index is 452. The van der Waals surface area contributed by atoms with E-state index in [1.54, 1.807) is 12.4 Å². The predicted octanol–water partition coefficient (Wildman–Crippen LogP) is 1.72. The molecule has 0 bridgehead atoms. The topological polar surface area (TPSA) is 76.8 Å². The summed E-state index contributed by atoms with van der Waals surface area (Å²) in [5, 5.41) is 0. The molecule has 5 heteroatoms. The van der Waals surface area contributed by atoms with Crippen molar-refractivity contribution >= 4 is 16.9 Å². The van der Waals surface area contributed by atoms with Gasteiger partial charge in [-0.1, -0.05) is 13.3 Å². The van der Waals surface area contributed by atoms with Gasteiger partial charge in [0, 0.05) is 6.07 Å². The number of fused-ring (bicyclic) bond motifs is 1. The second-order valence-electron chi connectivity index (χ2n) is 3.35. The standard InChI is InChI=1S/C10H14N4O/c1-2-3-4-15-8-5-7(11)9-10(14-8)13-6-12-9/h5-6H,2-4H2,1H3,(H3,11,12,13,14). The average Bonchev–Trinajstić information content (AvgIpc) is 2.66. The largest absolute Gasteiger partial charge is 0.478 e. The molecule has 0 amide bonds. The zero-order valence-corrected chi connectivity index (χ0v) is 8.66. The van der Waals surface area contributed by atoms with Crippen LogP contribution in [0.1, 0.15) is 19.8 Å². The third kappa shape index (κ3) is 2.01. The molecule has 3 N–H and O–H groups in total. The number of nitrogens with two attached hydrogens (primary N) is 1. The number of rotatable bonds is 4. The summed E-state index contributed by atoms with van der Waals surface area (Å²) in [5.41, 5.74) is 7.79. The molecule has 0 fully saturated rings. The Morgan fingerprint density at radius 2 is 2.40 bits per heavy atom. The van der Waals surface area contributed by atoms with E-state index < -0.39 is 0 Å². The predicted molar refractivity (Wildman–Crippen MR) is 58.7 cm³/mol. The molecular weight excluding hydrogens is 192 g/mol. The zero-order valence-electron chi connectivity index (χ0n) is 8.66. The monoisotopic (exact) mass is 206 g/mol. The normalized spacial score (nSPS) is 10.7. The molecule has 5 nitrogen and oxygen atoms in total. The highest BCUT2D eigenvalue weighted by molar-refractivity contribution is 5.84. The van der Waals surface area contributed by atoms with Gasteiger partial charge in [0.25, 0.3) is 0 Å². The lowest BCUT2D eigenvalue weighted by Gasteiger charge is -2.04. The minimum Gasteiger partial charge on any atom is -0.478 e. The first kappa shape index (κ1) is 9.76. The summed E-state index contributed by atoms with van der Waals surface area (Å²) in [4.78, 5) is 11.2. The number of aromatic amines is 1. The number of nitrogens with zero attached hydrogens (tertiary/aromatic N) is 2. The Labute approximate surface area is 87.7 Å². The molecule has 2 heterocycles. The van der Waals surface area contributed by atoms with Gasteiger partial charge in [0.15, 0.2) is 5.65 Å². The average molecular weight is 206 g/mol. The Balaban J connectivity index is 2.21. The van der Waals surface area contributed by atoms with Crippen molar-refractivity contribution in [2.45, 2.75) is 19.8 Å². The van der Waals surface area contributed by atoms with Crippen LogP contribution < -0.4 is 10.5 Å². The van der Waals surface area contributed by atoms with Gasteiger partial charge in [-0.15, -0.1) is 0 Å². The lowest BCUT2D eigenvalue weighted by Crippen LogP contribution is -2.00. The quantitative estimate of drug-likeness (QED) is 0.747. The van der Waals surface area contributed by atoms with Crippen LogP contribution in [-0.2, 0) is 0 Å². The molecule has 0 radical (unpaired) electrons. The molecule has 0 aliphatic rings. The molecule has 0 aliphatic heterocycles. The van der Waals surface area contributed by atoms with Gasteiger partial charge in [-0.2, -0.15) is 4.98 Å². The molecule has 2 rings (SSSR count). The molecule has 0 saturated heterocycles. The number of H-pyrrole nitrogens is 1. The molecule has 0 aliphatic carbocycles. The van der Waals surface area contributed by atoms with E-state index in [-0.39, 0.29) is 0 Å². The Hall–Kier alpha value is -1.78. The first-order chi connectivity index (χ1) is 7.31. The first-order valence-electron chi connectivity index (χ1n) is 5.03. The van der Waals surface area contributed by atoms with E-state index in [2.05, 4.69) is 21.9 Å². The maximum absolute atomic E-state index is 5.81. The van der Waals surface area contributed by atoms with Crippen LogP contribution in [0.5, 0.6) is 5.88 Å². The number of aromatic nitrogens is 3. The van der Waals surface area contributed by atoms with Crippen LogP contribution in [0.4, 0.5) is 5.69 Å². The molecule has 0 unspecified atom stereocenters. The van der Waals surface area contributed by atoms with Crippen LogP contribution in [0.15, 0.2) is 12.4 Å². The second-order valence-corrected chi connectivity index (χ2v) is 3.35.